The normalized spacial score (nSPS) is 9.23. The van der Waals surface area contributed by atoms with Gasteiger partial charge in [0.15, 0.2) is 12.4 Å². The van der Waals surface area contributed by atoms with E-state index in [0.717, 1.165) is 6.54 Å². The summed E-state index contributed by atoms with van der Waals surface area (Å²) in [7, 11) is 0. The summed E-state index contributed by atoms with van der Waals surface area (Å²) in [5.74, 6) is 0. The molecule has 1 rings (SSSR count). The van der Waals surface area contributed by atoms with E-state index >= 15 is 0 Å². The van der Waals surface area contributed by atoms with E-state index in [4.69, 9.17) is 13.3 Å². The van der Waals surface area contributed by atoms with Crippen LogP contribution in [0, 0.1) is 0 Å². The minimum Gasteiger partial charge on any atom is -0.784 e. The molecule has 4 nitrogen and oxygen atoms in total. The van der Waals surface area contributed by atoms with Crippen molar-refractivity contribution in [2.75, 3.05) is 0 Å². The average molecular weight is 202 g/mol. The Balaban J connectivity index is 0.000000310. The van der Waals surface area contributed by atoms with Gasteiger partial charge in [-0.1, -0.05) is 13.0 Å². The number of aryl methyl sites for hydroxylation is 1. The lowest BCUT2D eigenvalue weighted by atomic mass is 10.4. The summed E-state index contributed by atoms with van der Waals surface area (Å²) >= 11 is -3.11. The van der Waals surface area contributed by atoms with Crippen LogP contribution in [0.1, 0.15) is 13.3 Å². The predicted molar refractivity (Wildman–Crippen MR) is 46.6 cm³/mol. The van der Waals surface area contributed by atoms with Crippen molar-refractivity contribution in [2.24, 2.45) is 0 Å². The van der Waals surface area contributed by atoms with Gasteiger partial charge in [-0.15, -0.1) is 11.4 Å². The maximum absolute atomic E-state index is 8.44. The molecular weight excluding hydrogens is 190 g/mol. The van der Waals surface area contributed by atoms with Crippen molar-refractivity contribution in [3.05, 3.63) is 30.6 Å². The Morgan fingerprint density at radius 2 is 1.69 bits per heavy atom. The highest BCUT2D eigenvalue weighted by molar-refractivity contribution is 7.72. The molecular formula is C8H12NO3S-. The average Bonchev–Trinajstić information content (AvgIpc) is 2.06. The van der Waals surface area contributed by atoms with Crippen LogP contribution in [0.3, 0.4) is 0 Å². The predicted octanol–water partition coefficient (Wildman–Crippen LogP) is 0.380. The molecule has 0 aliphatic rings. The Labute approximate surface area is 80.3 Å². The van der Waals surface area contributed by atoms with Crippen LogP contribution in [0.4, 0.5) is 0 Å². The van der Waals surface area contributed by atoms with E-state index in [0.29, 0.717) is 0 Å². The summed E-state index contributed by atoms with van der Waals surface area (Å²) in [6.45, 7) is 3.31. The van der Waals surface area contributed by atoms with Crippen LogP contribution in [0.2, 0.25) is 0 Å². The fourth-order valence-electron chi connectivity index (χ4n) is 0.842. The van der Waals surface area contributed by atoms with Crippen LogP contribution in [0.25, 0.3) is 0 Å². The molecule has 74 valence electrons. The van der Waals surface area contributed by atoms with E-state index in [2.05, 4.69) is 36.0 Å². The molecule has 13 heavy (non-hydrogen) atoms. The van der Waals surface area contributed by atoms with Crippen LogP contribution in [-0.4, -0.2) is 13.3 Å². The SMILES string of the molecule is CCC[n+]1ccccc1.O=S([O-])[O-]. The second kappa shape index (κ2) is 7.85. The van der Waals surface area contributed by atoms with E-state index in [1.165, 1.54) is 6.42 Å². The van der Waals surface area contributed by atoms with Crippen molar-refractivity contribution in [3.8, 4) is 0 Å². The first kappa shape index (κ1) is 12.2. The summed E-state index contributed by atoms with van der Waals surface area (Å²) in [4.78, 5) is 0. The zero-order chi connectivity index (χ0) is 10.1. The first-order valence-electron chi connectivity index (χ1n) is 3.87. The Kier molecular flexibility index (Phi) is 7.38. The second-order valence-corrected chi connectivity index (χ2v) is 2.73. The third-order valence-corrected chi connectivity index (χ3v) is 1.26. The molecule has 0 aliphatic heterocycles. The van der Waals surface area contributed by atoms with Gasteiger partial charge in [0.2, 0.25) is 0 Å². The maximum atomic E-state index is 8.44. The topological polar surface area (TPSA) is 67.1 Å². The third-order valence-electron chi connectivity index (χ3n) is 1.26. The van der Waals surface area contributed by atoms with Gasteiger partial charge in [-0.05, 0) is 0 Å². The minimum absolute atomic E-state index is 1.13. The number of hydrogen-bond donors (Lipinski definition) is 0. The molecule has 0 N–H and O–H groups in total. The molecule has 0 saturated heterocycles. The van der Waals surface area contributed by atoms with Crippen molar-refractivity contribution >= 4 is 11.4 Å². The fourth-order valence-corrected chi connectivity index (χ4v) is 0.842. The number of pyridine rings is 1. The minimum atomic E-state index is -3.11. The van der Waals surface area contributed by atoms with Gasteiger partial charge in [0.05, 0.1) is 0 Å². The van der Waals surface area contributed by atoms with Crippen molar-refractivity contribution < 1.29 is 17.9 Å². The lowest BCUT2D eigenvalue weighted by Gasteiger charge is -2.03. The Morgan fingerprint density at radius 3 is 2.08 bits per heavy atom. The highest BCUT2D eigenvalue weighted by Gasteiger charge is 1.90. The lowest BCUT2D eigenvalue weighted by Crippen LogP contribution is -2.31. The monoisotopic (exact) mass is 202 g/mol. The summed E-state index contributed by atoms with van der Waals surface area (Å²) in [6.07, 6.45) is 5.38. The van der Waals surface area contributed by atoms with Crippen molar-refractivity contribution in [1.29, 1.82) is 0 Å². The van der Waals surface area contributed by atoms with Gasteiger partial charge in [0.25, 0.3) is 0 Å². The summed E-state index contributed by atoms with van der Waals surface area (Å²) < 4.78 is 27.5. The second-order valence-electron chi connectivity index (χ2n) is 2.32. The zero-order valence-corrected chi connectivity index (χ0v) is 8.20. The van der Waals surface area contributed by atoms with Gasteiger partial charge >= 0.3 is 0 Å². The van der Waals surface area contributed by atoms with E-state index in [1.807, 2.05) is 6.07 Å². The van der Waals surface area contributed by atoms with E-state index < -0.39 is 11.4 Å². The molecule has 1 aromatic heterocycles. The number of rotatable bonds is 2. The summed E-state index contributed by atoms with van der Waals surface area (Å²) in [5.41, 5.74) is 0. The van der Waals surface area contributed by atoms with E-state index in [-0.39, 0.29) is 0 Å². The molecule has 0 aliphatic carbocycles. The van der Waals surface area contributed by atoms with Gasteiger partial charge in [0, 0.05) is 18.6 Å². The molecule has 0 radical (unpaired) electrons. The fraction of sp³-hybridized carbons (Fsp3) is 0.375. The Bertz CT molecular complexity index is 236. The zero-order valence-electron chi connectivity index (χ0n) is 7.38. The summed E-state index contributed by atoms with van der Waals surface area (Å²) in [6, 6.07) is 6.14. The first-order valence-corrected chi connectivity index (χ1v) is 4.87. The standard InChI is InChI=1S/C8H12N.H2O3S/c1-2-6-9-7-4-3-5-8-9;1-4(2)3/h3-5,7-8H,2,6H2,1H3;(H2,1,2,3)/q+1;/p-2. The van der Waals surface area contributed by atoms with Crippen molar-refractivity contribution in [1.82, 2.24) is 0 Å². The highest BCUT2D eigenvalue weighted by atomic mass is 32.2. The molecule has 5 heteroatoms. The first-order chi connectivity index (χ1) is 6.16. The molecule has 0 saturated carbocycles. The smallest absolute Gasteiger partial charge is 0.168 e. The molecule has 0 unspecified atom stereocenters. The van der Waals surface area contributed by atoms with Crippen molar-refractivity contribution in [3.63, 3.8) is 0 Å². The Hall–Kier alpha value is -0.780. The van der Waals surface area contributed by atoms with Crippen LogP contribution >= 0.6 is 0 Å². The van der Waals surface area contributed by atoms with Crippen LogP contribution in [0.5, 0.6) is 0 Å². The van der Waals surface area contributed by atoms with Gasteiger partial charge in [-0.25, -0.2) is 4.57 Å². The molecule has 1 aromatic rings. The molecule has 0 amide bonds. The molecule has 1 heterocycles. The highest BCUT2D eigenvalue weighted by Crippen LogP contribution is 1.78. The van der Waals surface area contributed by atoms with Gasteiger partial charge < -0.3 is 9.11 Å². The molecule has 0 bridgehead atoms. The molecule has 0 spiro atoms. The van der Waals surface area contributed by atoms with Crippen LogP contribution < -0.4 is 4.57 Å². The summed E-state index contributed by atoms with van der Waals surface area (Å²) in [5, 5.41) is 0. The van der Waals surface area contributed by atoms with Gasteiger partial charge in [0.1, 0.15) is 6.54 Å². The lowest BCUT2D eigenvalue weighted by molar-refractivity contribution is -0.697. The molecule has 0 atom stereocenters. The van der Waals surface area contributed by atoms with E-state index in [9.17, 15) is 0 Å². The van der Waals surface area contributed by atoms with Crippen molar-refractivity contribution in [2.45, 2.75) is 19.9 Å². The molecule has 0 fully saturated rings. The Morgan fingerprint density at radius 1 is 1.23 bits per heavy atom. The number of hydrogen-bond acceptors (Lipinski definition) is 3. The van der Waals surface area contributed by atoms with Crippen LogP contribution in [0.15, 0.2) is 30.6 Å². The largest absolute Gasteiger partial charge is 0.784 e. The maximum Gasteiger partial charge on any atom is 0.168 e. The molecule has 0 aromatic carbocycles. The van der Waals surface area contributed by atoms with Crippen LogP contribution in [-0.2, 0) is 17.9 Å². The van der Waals surface area contributed by atoms with Gasteiger partial charge in [-0.3, -0.25) is 4.21 Å². The number of nitrogens with zero attached hydrogens (tertiary/aromatic N) is 1. The number of aromatic nitrogens is 1. The quantitative estimate of drug-likeness (QED) is 0.514. The van der Waals surface area contributed by atoms with Gasteiger partial charge in [-0.2, -0.15) is 0 Å². The van der Waals surface area contributed by atoms with E-state index in [1.54, 1.807) is 0 Å². The third kappa shape index (κ3) is 9.13.